The Bertz CT molecular complexity index is 351. The predicted octanol–water partition coefficient (Wildman–Crippen LogP) is -1.98. The van der Waals surface area contributed by atoms with Crippen LogP contribution < -0.4 is 23.5 Å². The number of hydrogen-bond donors (Lipinski definition) is 2. The Morgan fingerprint density at radius 3 is 2.12 bits per heavy atom. The first-order valence-electron chi connectivity index (χ1n) is 4.06. The van der Waals surface area contributed by atoms with Gasteiger partial charge in [0, 0.05) is 5.75 Å². The van der Waals surface area contributed by atoms with Gasteiger partial charge in [-0.25, -0.2) is 0 Å². The highest BCUT2D eigenvalue weighted by molar-refractivity contribution is 8.12. The maximum absolute atomic E-state index is 12.2. The highest BCUT2D eigenvalue weighted by Gasteiger charge is 2.29. The van der Waals surface area contributed by atoms with E-state index < -0.39 is 11.7 Å². The van der Waals surface area contributed by atoms with Crippen LogP contribution in [-0.2, 0) is 11.9 Å². The van der Waals surface area contributed by atoms with Crippen molar-refractivity contribution in [1.29, 1.82) is 0 Å². The van der Waals surface area contributed by atoms with Crippen molar-refractivity contribution in [1.82, 2.24) is 0 Å². The summed E-state index contributed by atoms with van der Waals surface area (Å²) in [4.78, 5) is 0. The molecule has 0 atom stereocenters. The summed E-state index contributed by atoms with van der Waals surface area (Å²) in [5.74, 6) is 0.473. The molecular weight excluding hydrogens is 261 g/mol. The number of thioether (sulfide) groups is 1. The lowest BCUT2D eigenvalue weighted by molar-refractivity contribution is -0.137. The maximum Gasteiger partial charge on any atom is 0.416 e. The Kier molecular flexibility index (Phi) is 5.67. The Balaban J connectivity index is 0.00000225. The minimum Gasteiger partial charge on any atom is -1.00 e. The first-order chi connectivity index (χ1) is 6.89. The van der Waals surface area contributed by atoms with Crippen molar-refractivity contribution in [2.75, 3.05) is 0 Å². The summed E-state index contributed by atoms with van der Waals surface area (Å²) in [5.41, 5.74) is 5.32. The third-order valence-corrected chi connectivity index (χ3v) is 2.50. The van der Waals surface area contributed by atoms with Gasteiger partial charge in [-0.15, -0.1) is 0 Å². The molecule has 7 heteroatoms. The van der Waals surface area contributed by atoms with E-state index in [2.05, 4.69) is 0 Å². The normalized spacial score (nSPS) is 10.7. The lowest BCUT2D eigenvalue weighted by Gasteiger charge is -2.06. The van der Waals surface area contributed by atoms with Crippen LogP contribution in [-0.4, -0.2) is 5.17 Å². The summed E-state index contributed by atoms with van der Waals surface area (Å²) >= 11 is 1.19. The molecule has 0 amide bonds. The molecule has 0 saturated heterocycles. The van der Waals surface area contributed by atoms with E-state index in [9.17, 15) is 13.2 Å². The molecular formula is C9H10ClF3N2S. The smallest absolute Gasteiger partial charge is 0.416 e. The van der Waals surface area contributed by atoms with E-state index in [-0.39, 0.29) is 17.6 Å². The molecule has 0 aliphatic heterocycles. The second-order valence-corrected chi connectivity index (χ2v) is 3.93. The molecule has 0 aliphatic rings. The third kappa shape index (κ3) is 4.76. The molecule has 4 N–H and O–H groups in total. The number of alkyl halides is 3. The van der Waals surface area contributed by atoms with Gasteiger partial charge in [0.25, 0.3) is 5.17 Å². The number of rotatable bonds is 2. The highest BCUT2D eigenvalue weighted by Crippen LogP contribution is 2.29. The van der Waals surface area contributed by atoms with Crippen LogP contribution in [0.4, 0.5) is 13.2 Å². The fourth-order valence-corrected chi connectivity index (χ4v) is 1.48. The SMILES string of the molecule is NC(=[NH2+])SCc1ccc(C(F)(F)F)cc1.[Cl-]. The van der Waals surface area contributed by atoms with Gasteiger partial charge in [0.1, 0.15) is 0 Å². The Morgan fingerprint density at radius 2 is 1.75 bits per heavy atom. The van der Waals surface area contributed by atoms with Gasteiger partial charge in [-0.1, -0.05) is 12.1 Å². The molecule has 0 bridgehead atoms. The van der Waals surface area contributed by atoms with Crippen molar-refractivity contribution in [3.05, 3.63) is 35.4 Å². The average Bonchev–Trinajstić information content (AvgIpc) is 2.14. The monoisotopic (exact) mass is 270 g/mol. The minimum atomic E-state index is -4.29. The lowest BCUT2D eigenvalue weighted by atomic mass is 10.1. The molecule has 90 valence electrons. The molecule has 1 aromatic rings. The molecule has 16 heavy (non-hydrogen) atoms. The number of hydrogen-bond acceptors (Lipinski definition) is 1. The summed E-state index contributed by atoms with van der Waals surface area (Å²) in [5, 5.41) is 5.42. The van der Waals surface area contributed by atoms with Crippen LogP contribution in [0.25, 0.3) is 0 Å². The quantitative estimate of drug-likeness (QED) is 0.483. The fraction of sp³-hybridized carbons (Fsp3) is 0.222. The van der Waals surface area contributed by atoms with Crippen molar-refractivity contribution in [3.63, 3.8) is 0 Å². The zero-order valence-electron chi connectivity index (χ0n) is 8.09. The molecule has 1 aromatic carbocycles. The van der Waals surface area contributed by atoms with Crippen LogP contribution in [0.1, 0.15) is 11.1 Å². The molecule has 2 nitrogen and oxygen atoms in total. The molecule has 0 aliphatic carbocycles. The van der Waals surface area contributed by atoms with Crippen LogP contribution in [0.3, 0.4) is 0 Å². The first-order valence-corrected chi connectivity index (χ1v) is 5.05. The molecule has 0 fully saturated rings. The summed E-state index contributed by atoms with van der Waals surface area (Å²) in [6.07, 6.45) is -4.29. The van der Waals surface area contributed by atoms with Crippen LogP contribution in [0.15, 0.2) is 24.3 Å². The summed E-state index contributed by atoms with van der Waals surface area (Å²) in [6.45, 7) is 0. The van der Waals surface area contributed by atoms with E-state index >= 15 is 0 Å². The van der Waals surface area contributed by atoms with Crippen molar-refractivity contribution >= 4 is 16.9 Å². The predicted molar refractivity (Wildman–Crippen MR) is 53.9 cm³/mol. The van der Waals surface area contributed by atoms with E-state index in [1.807, 2.05) is 0 Å². The summed E-state index contributed by atoms with van der Waals surface area (Å²) < 4.78 is 36.6. The van der Waals surface area contributed by atoms with Gasteiger partial charge in [0.2, 0.25) is 0 Å². The van der Waals surface area contributed by atoms with Crippen molar-refractivity contribution in [2.24, 2.45) is 5.73 Å². The zero-order valence-corrected chi connectivity index (χ0v) is 9.66. The van der Waals surface area contributed by atoms with Crippen LogP contribution in [0.2, 0.25) is 0 Å². The number of benzene rings is 1. The van der Waals surface area contributed by atoms with Crippen LogP contribution >= 0.6 is 11.8 Å². The largest absolute Gasteiger partial charge is 1.00 e. The Labute approximate surface area is 101 Å². The highest BCUT2D eigenvalue weighted by atomic mass is 35.5. The molecule has 0 heterocycles. The molecule has 0 radical (unpaired) electrons. The number of amidine groups is 1. The zero-order chi connectivity index (χ0) is 11.5. The summed E-state index contributed by atoms with van der Waals surface area (Å²) in [7, 11) is 0. The fourth-order valence-electron chi connectivity index (χ4n) is 0.957. The molecule has 0 unspecified atom stereocenters. The molecule has 0 spiro atoms. The van der Waals surface area contributed by atoms with E-state index in [0.717, 1.165) is 17.7 Å². The average molecular weight is 271 g/mol. The number of nitrogens with two attached hydrogens (primary N) is 2. The van der Waals surface area contributed by atoms with Gasteiger partial charge in [-0.2, -0.15) is 13.2 Å². The Hall–Kier alpha value is -0.880. The van der Waals surface area contributed by atoms with Gasteiger partial charge < -0.3 is 12.4 Å². The first kappa shape index (κ1) is 15.1. The number of halogens is 4. The van der Waals surface area contributed by atoms with E-state index in [4.69, 9.17) is 11.1 Å². The lowest BCUT2D eigenvalue weighted by Crippen LogP contribution is -3.00. The van der Waals surface area contributed by atoms with Gasteiger partial charge in [-0.3, -0.25) is 11.1 Å². The topological polar surface area (TPSA) is 51.6 Å². The molecule has 0 aromatic heterocycles. The van der Waals surface area contributed by atoms with Crippen LogP contribution in [0, 0.1) is 0 Å². The Morgan fingerprint density at radius 1 is 1.25 bits per heavy atom. The van der Waals surface area contributed by atoms with Crippen molar-refractivity contribution < 1.29 is 31.0 Å². The van der Waals surface area contributed by atoms with Crippen molar-refractivity contribution in [3.8, 4) is 0 Å². The maximum atomic E-state index is 12.2. The van der Waals surface area contributed by atoms with E-state index in [1.165, 1.54) is 23.9 Å². The van der Waals surface area contributed by atoms with Crippen molar-refractivity contribution in [2.45, 2.75) is 11.9 Å². The van der Waals surface area contributed by atoms with E-state index in [0.29, 0.717) is 5.75 Å². The van der Waals surface area contributed by atoms with Gasteiger partial charge in [0.05, 0.1) is 5.56 Å². The van der Waals surface area contributed by atoms with Gasteiger partial charge >= 0.3 is 6.18 Å². The van der Waals surface area contributed by atoms with Crippen LogP contribution in [0.5, 0.6) is 0 Å². The van der Waals surface area contributed by atoms with Gasteiger partial charge in [-0.05, 0) is 29.5 Å². The van der Waals surface area contributed by atoms with E-state index in [1.54, 1.807) is 0 Å². The second-order valence-electron chi connectivity index (χ2n) is 2.89. The third-order valence-electron chi connectivity index (χ3n) is 1.69. The molecule has 1 rings (SSSR count). The minimum absolute atomic E-state index is 0. The molecule has 0 saturated carbocycles. The standard InChI is InChI=1S/C9H9F3N2S.ClH/c10-9(11,12)7-3-1-6(2-4-7)5-15-8(13)14;/h1-4H,5H2,(H3,13,14);1H. The summed E-state index contributed by atoms with van der Waals surface area (Å²) in [6, 6.07) is 4.92. The van der Waals surface area contributed by atoms with Gasteiger partial charge in [0.15, 0.2) is 0 Å². The second kappa shape index (κ2) is 6.00.